The Hall–Kier alpha value is -2.17. The first kappa shape index (κ1) is 18.2. The molecule has 0 unspecified atom stereocenters. The molecule has 1 aromatic rings. The highest BCUT2D eigenvalue weighted by molar-refractivity contribution is 5.90. The van der Waals surface area contributed by atoms with E-state index >= 15 is 0 Å². The van der Waals surface area contributed by atoms with Gasteiger partial charge in [-0.25, -0.2) is 9.18 Å². The van der Waals surface area contributed by atoms with Crippen molar-refractivity contribution in [2.24, 2.45) is 17.8 Å². The molecule has 27 heavy (non-hydrogen) atoms. The first-order chi connectivity index (χ1) is 12.9. The predicted octanol–water partition coefficient (Wildman–Crippen LogP) is 3.86. The van der Waals surface area contributed by atoms with Gasteiger partial charge in [-0.3, -0.25) is 4.79 Å². The fraction of sp³-hybridized carbons (Fsp3) is 0.545. The van der Waals surface area contributed by atoms with Gasteiger partial charge in [-0.2, -0.15) is 0 Å². The van der Waals surface area contributed by atoms with E-state index < -0.39 is 17.9 Å². The van der Waals surface area contributed by atoms with Gasteiger partial charge in [-0.1, -0.05) is 18.2 Å². The Morgan fingerprint density at radius 2 is 1.74 bits per heavy atom. The topological polar surface area (TPSA) is 55.4 Å². The zero-order valence-corrected chi connectivity index (χ0v) is 15.6. The Labute approximate surface area is 159 Å². The maximum atomic E-state index is 13.6. The van der Waals surface area contributed by atoms with E-state index in [0.717, 1.165) is 43.1 Å². The van der Waals surface area contributed by atoms with Gasteiger partial charge in [0.05, 0.1) is 0 Å². The molecule has 144 valence electrons. The van der Waals surface area contributed by atoms with Gasteiger partial charge in [-0.15, -0.1) is 0 Å². The van der Waals surface area contributed by atoms with Crippen LogP contribution in [0.4, 0.5) is 4.39 Å². The number of rotatable bonds is 5. The van der Waals surface area contributed by atoms with Crippen LogP contribution in [-0.2, 0) is 14.3 Å². The summed E-state index contributed by atoms with van der Waals surface area (Å²) >= 11 is 0. The van der Waals surface area contributed by atoms with Crippen molar-refractivity contribution in [3.63, 3.8) is 0 Å². The van der Waals surface area contributed by atoms with Crippen molar-refractivity contribution in [1.29, 1.82) is 0 Å². The highest BCUT2D eigenvalue weighted by atomic mass is 19.1. The predicted molar refractivity (Wildman–Crippen MR) is 100 cm³/mol. The molecular weight excluding hydrogens is 345 g/mol. The molecule has 1 atom stereocenters. The second-order valence-electron chi connectivity index (χ2n) is 8.62. The zero-order valence-electron chi connectivity index (χ0n) is 15.6. The van der Waals surface area contributed by atoms with Crippen LogP contribution < -0.4 is 5.32 Å². The number of halogens is 1. The fourth-order valence-electron chi connectivity index (χ4n) is 5.66. The van der Waals surface area contributed by atoms with E-state index in [0.29, 0.717) is 5.56 Å². The van der Waals surface area contributed by atoms with Crippen molar-refractivity contribution >= 4 is 18.0 Å². The third-order valence-electron chi connectivity index (χ3n) is 6.39. The van der Waals surface area contributed by atoms with Crippen LogP contribution in [0.1, 0.15) is 51.0 Å². The molecule has 5 heteroatoms. The third kappa shape index (κ3) is 3.92. The number of ether oxygens (including phenoxy) is 1. The van der Waals surface area contributed by atoms with Crippen molar-refractivity contribution in [3.8, 4) is 0 Å². The second kappa shape index (κ2) is 7.10. The molecule has 4 saturated carbocycles. The Morgan fingerprint density at radius 1 is 1.15 bits per heavy atom. The van der Waals surface area contributed by atoms with Gasteiger partial charge in [0.2, 0.25) is 0 Å². The molecule has 0 heterocycles. The second-order valence-corrected chi connectivity index (χ2v) is 8.62. The Balaban J connectivity index is 1.33. The molecule has 1 aromatic carbocycles. The van der Waals surface area contributed by atoms with Gasteiger partial charge in [0.25, 0.3) is 5.91 Å². The third-order valence-corrected chi connectivity index (χ3v) is 6.39. The van der Waals surface area contributed by atoms with Gasteiger partial charge in [-0.05, 0) is 75.3 Å². The summed E-state index contributed by atoms with van der Waals surface area (Å²) < 4.78 is 18.8. The Kier molecular flexibility index (Phi) is 4.79. The number of amides is 1. The van der Waals surface area contributed by atoms with Crippen LogP contribution in [0.5, 0.6) is 0 Å². The summed E-state index contributed by atoms with van der Waals surface area (Å²) in [5, 5.41) is 3.21. The summed E-state index contributed by atoms with van der Waals surface area (Å²) in [7, 11) is 0. The van der Waals surface area contributed by atoms with E-state index in [2.05, 4.69) is 5.32 Å². The summed E-state index contributed by atoms with van der Waals surface area (Å²) in [4.78, 5) is 24.6. The number of carbonyl (C=O) groups is 2. The molecule has 4 nitrogen and oxygen atoms in total. The van der Waals surface area contributed by atoms with Crippen LogP contribution in [0.3, 0.4) is 0 Å². The molecule has 0 saturated heterocycles. The molecule has 1 amide bonds. The molecular formula is C22H26FNO3. The maximum absolute atomic E-state index is 13.6. The van der Waals surface area contributed by atoms with Crippen LogP contribution in [0.2, 0.25) is 0 Å². The molecule has 1 N–H and O–H groups in total. The molecule has 4 bridgehead atoms. The van der Waals surface area contributed by atoms with E-state index in [4.69, 9.17) is 4.74 Å². The van der Waals surface area contributed by atoms with Gasteiger partial charge in [0, 0.05) is 17.2 Å². The number of benzene rings is 1. The molecule has 4 aliphatic carbocycles. The molecule has 0 aliphatic heterocycles. The minimum Gasteiger partial charge on any atom is -0.449 e. The summed E-state index contributed by atoms with van der Waals surface area (Å²) in [5.41, 5.74) is 0.204. The van der Waals surface area contributed by atoms with Gasteiger partial charge >= 0.3 is 5.97 Å². The maximum Gasteiger partial charge on any atom is 0.331 e. The van der Waals surface area contributed by atoms with E-state index in [9.17, 15) is 14.0 Å². The van der Waals surface area contributed by atoms with E-state index in [1.807, 2.05) is 0 Å². The quantitative estimate of drug-likeness (QED) is 0.632. The lowest BCUT2D eigenvalue weighted by atomic mass is 9.53. The summed E-state index contributed by atoms with van der Waals surface area (Å²) in [6.07, 6.45) is 8.74. The average molecular weight is 371 g/mol. The smallest absolute Gasteiger partial charge is 0.331 e. The fourth-order valence-corrected chi connectivity index (χ4v) is 5.66. The van der Waals surface area contributed by atoms with E-state index in [1.54, 1.807) is 25.1 Å². The van der Waals surface area contributed by atoms with Gasteiger partial charge < -0.3 is 10.1 Å². The van der Waals surface area contributed by atoms with E-state index in [-0.39, 0.29) is 11.4 Å². The lowest BCUT2D eigenvalue weighted by Crippen LogP contribution is -2.61. The molecule has 0 radical (unpaired) electrons. The minimum atomic E-state index is -0.865. The number of carbonyl (C=O) groups excluding carboxylic acids is 2. The highest BCUT2D eigenvalue weighted by Crippen LogP contribution is 2.55. The number of hydrogen-bond donors (Lipinski definition) is 1. The van der Waals surface area contributed by atoms with Crippen molar-refractivity contribution in [2.75, 3.05) is 0 Å². The van der Waals surface area contributed by atoms with Crippen LogP contribution in [-0.4, -0.2) is 23.5 Å². The standard InChI is InChI=1S/C22H26FNO3/c1-14(27-20(25)7-6-18-4-2-3-5-19(18)23)21(26)24-22-11-15-8-16(12-22)10-17(9-15)13-22/h2-7,14-17H,8-13H2,1H3,(H,24,26)/b7-6+/t14-,15?,16?,17?,22?/m1/s1. The normalized spacial score (nSPS) is 32.4. The first-order valence-electron chi connectivity index (χ1n) is 9.88. The molecule has 4 aliphatic rings. The zero-order chi connectivity index (χ0) is 19.0. The van der Waals surface area contributed by atoms with Crippen molar-refractivity contribution in [1.82, 2.24) is 5.32 Å². The highest BCUT2D eigenvalue weighted by Gasteiger charge is 2.51. The molecule has 0 aromatic heterocycles. The molecule has 0 spiro atoms. The lowest BCUT2D eigenvalue weighted by Gasteiger charge is -2.57. The van der Waals surface area contributed by atoms with Crippen molar-refractivity contribution in [2.45, 2.75) is 57.1 Å². The van der Waals surface area contributed by atoms with Crippen LogP contribution >= 0.6 is 0 Å². The Bertz CT molecular complexity index is 737. The van der Waals surface area contributed by atoms with Crippen LogP contribution in [0.15, 0.2) is 30.3 Å². The number of hydrogen-bond acceptors (Lipinski definition) is 3. The lowest BCUT2D eigenvalue weighted by molar-refractivity contribution is -0.152. The van der Waals surface area contributed by atoms with Gasteiger partial charge in [0.15, 0.2) is 6.10 Å². The summed E-state index contributed by atoms with van der Waals surface area (Å²) in [5.74, 6) is 0.916. The molecule has 5 rings (SSSR count). The van der Waals surface area contributed by atoms with Crippen molar-refractivity contribution in [3.05, 3.63) is 41.7 Å². The number of esters is 1. The Morgan fingerprint density at radius 3 is 2.33 bits per heavy atom. The first-order valence-corrected chi connectivity index (χ1v) is 9.88. The van der Waals surface area contributed by atoms with Crippen LogP contribution in [0.25, 0.3) is 6.08 Å². The number of nitrogens with one attached hydrogen (secondary N) is 1. The van der Waals surface area contributed by atoms with Gasteiger partial charge in [0.1, 0.15) is 5.82 Å². The monoisotopic (exact) mass is 371 g/mol. The average Bonchev–Trinajstić information content (AvgIpc) is 2.59. The largest absolute Gasteiger partial charge is 0.449 e. The summed E-state index contributed by atoms with van der Waals surface area (Å²) in [6, 6.07) is 6.17. The van der Waals surface area contributed by atoms with Crippen LogP contribution in [0, 0.1) is 23.6 Å². The van der Waals surface area contributed by atoms with Crippen molar-refractivity contribution < 1.29 is 18.7 Å². The summed E-state index contributed by atoms with van der Waals surface area (Å²) in [6.45, 7) is 1.59. The minimum absolute atomic E-state index is 0.102. The molecule has 4 fully saturated rings. The van der Waals surface area contributed by atoms with E-state index in [1.165, 1.54) is 31.4 Å². The SMILES string of the molecule is C[C@@H](OC(=O)/C=C/c1ccccc1F)C(=O)NC12CC3CC(CC(C3)C1)C2.